The summed E-state index contributed by atoms with van der Waals surface area (Å²) in [5.41, 5.74) is 42.6. The van der Waals surface area contributed by atoms with E-state index in [1.807, 2.05) is 221 Å². The second-order valence-corrected chi connectivity index (χ2v) is 33.7. The summed E-state index contributed by atoms with van der Waals surface area (Å²) in [6.07, 6.45) is 5.75. The molecule has 11 aromatic carbocycles. The highest BCUT2D eigenvalue weighted by atomic mass is 16.5. The molecule has 6 amide bonds. The topological polar surface area (TPSA) is 412 Å². The molecule has 15 rings (SSSR count). The zero-order chi connectivity index (χ0) is 93.6. The minimum atomic E-state index is -0.437. The lowest BCUT2D eigenvalue weighted by molar-refractivity contribution is -0.133. The van der Waals surface area contributed by atoms with E-state index >= 15 is 0 Å². The molecule has 3 saturated heterocycles. The van der Waals surface area contributed by atoms with E-state index in [4.69, 9.17) is 43.9 Å². The molecule has 19 N–H and O–H groups in total. The zero-order valence-corrected chi connectivity index (χ0v) is 75.6. The van der Waals surface area contributed by atoms with Gasteiger partial charge >= 0.3 is 0 Å². The Labute approximate surface area is 784 Å². The third kappa shape index (κ3) is 29.5. The number of aromatic amines is 1. The summed E-state index contributed by atoms with van der Waals surface area (Å²) >= 11 is 0. The van der Waals surface area contributed by atoms with Gasteiger partial charge in [-0.3, -0.25) is 43.7 Å². The Morgan fingerprint density at radius 1 is 0.336 bits per heavy atom. The smallest absolute Gasteiger partial charge is 0.267 e. The molecule has 0 unspecified atom stereocenters. The van der Waals surface area contributed by atoms with Gasteiger partial charge in [0, 0.05) is 136 Å². The lowest BCUT2D eigenvalue weighted by Crippen LogP contribution is -2.49. The Kier molecular flexibility index (Phi) is 36.4. The van der Waals surface area contributed by atoms with Crippen molar-refractivity contribution < 1.29 is 38.2 Å². The SMILES string of the molecule is NC(N)=NCCC[C@@H]1N[C@H](CNC(=O)c2cc3ccccc3[nH]2)CCN(CC(c2ccccc2)c2ccccc2)C1=O.NC(N)=NCCC[C@@H]1N[C@H](CNC(=O)c2ccc(Oc3ccccc3)cc2)CCN(CC(c2ccccc2)c2ccccc2)C1=O.NC(N)=NCCC[C@@H]1N[C@H](CNC(=O)c2cccc(Oc3ccccc3)c2)CCN(CC(c2ccccc2)c2ccccc2)C1=O. The molecule has 3 fully saturated rings. The number of nitrogens with two attached hydrogens (primary N) is 6. The quantitative estimate of drug-likeness (QED) is 0.00977. The summed E-state index contributed by atoms with van der Waals surface area (Å²) < 4.78 is 11.8. The van der Waals surface area contributed by atoms with Gasteiger partial charge in [0.25, 0.3) is 17.7 Å². The van der Waals surface area contributed by atoms with Gasteiger partial charge in [0.15, 0.2) is 17.9 Å². The number of para-hydroxylation sites is 3. The van der Waals surface area contributed by atoms with Crippen LogP contribution in [0.4, 0.5) is 0 Å². The van der Waals surface area contributed by atoms with Crippen LogP contribution in [0.25, 0.3) is 10.9 Å². The number of H-pyrrole nitrogens is 1. The number of aromatic nitrogens is 1. The molecular weight excluding hydrogens is 1680 g/mol. The van der Waals surface area contributed by atoms with Crippen LogP contribution in [0.3, 0.4) is 0 Å². The normalized spacial score (nSPS) is 16.7. The Hall–Kier alpha value is -14.9. The number of amides is 6. The third-order valence-electron chi connectivity index (χ3n) is 24.1. The average molecular weight is 1800 g/mol. The first-order valence-corrected chi connectivity index (χ1v) is 46.1. The van der Waals surface area contributed by atoms with E-state index in [0.29, 0.717) is 170 Å². The van der Waals surface area contributed by atoms with Gasteiger partial charge in [-0.05, 0) is 170 Å². The van der Waals surface area contributed by atoms with Gasteiger partial charge in [-0.2, -0.15) is 0 Å². The summed E-state index contributed by atoms with van der Waals surface area (Å²) in [5, 5.41) is 20.8. The van der Waals surface area contributed by atoms with Crippen LogP contribution >= 0.6 is 0 Å². The first-order valence-electron chi connectivity index (χ1n) is 46.1. The molecule has 134 heavy (non-hydrogen) atoms. The average Bonchev–Trinajstić information content (AvgIpc) is 1.29. The van der Waals surface area contributed by atoms with Crippen molar-refractivity contribution >= 4 is 64.2 Å². The van der Waals surface area contributed by atoms with Gasteiger partial charge in [-0.1, -0.05) is 243 Å². The van der Waals surface area contributed by atoms with Crippen LogP contribution in [0.2, 0.25) is 0 Å². The molecule has 4 heterocycles. The lowest BCUT2D eigenvalue weighted by atomic mass is 9.90. The molecule has 694 valence electrons. The molecular formula is C107H123N19O8. The number of aliphatic imine (C=N–C) groups is 3. The highest BCUT2D eigenvalue weighted by Gasteiger charge is 2.37. The maximum atomic E-state index is 14.0. The fraction of sp³-hybridized carbons (Fsp3) is 0.280. The maximum absolute atomic E-state index is 14.0. The van der Waals surface area contributed by atoms with E-state index in [9.17, 15) is 28.8 Å². The van der Waals surface area contributed by atoms with Crippen LogP contribution in [0.5, 0.6) is 23.0 Å². The number of fused-ring (bicyclic) bond motifs is 1. The van der Waals surface area contributed by atoms with E-state index in [-0.39, 0.29) is 89.2 Å². The Morgan fingerprint density at radius 2 is 0.634 bits per heavy atom. The summed E-state index contributed by atoms with van der Waals surface area (Å²) in [6.45, 7) is 5.86. The number of benzene rings is 11. The van der Waals surface area contributed by atoms with Crippen molar-refractivity contribution in [1.82, 2.24) is 51.6 Å². The fourth-order valence-electron chi connectivity index (χ4n) is 17.2. The van der Waals surface area contributed by atoms with Gasteiger partial charge in [-0.25, -0.2) is 0 Å². The third-order valence-corrected chi connectivity index (χ3v) is 24.1. The van der Waals surface area contributed by atoms with E-state index in [0.717, 1.165) is 38.9 Å². The van der Waals surface area contributed by atoms with E-state index < -0.39 is 18.1 Å². The van der Waals surface area contributed by atoms with Crippen LogP contribution < -0.4 is 75.8 Å². The van der Waals surface area contributed by atoms with E-state index in [1.165, 1.54) is 11.1 Å². The van der Waals surface area contributed by atoms with Gasteiger partial charge < -0.3 is 95.5 Å². The van der Waals surface area contributed by atoms with Gasteiger partial charge in [-0.15, -0.1) is 0 Å². The standard InChI is InChI=1S/2C37H42N6O3.C33H39N7O2/c38-37(39)40-22-11-20-34-36(45)43(26-33(27-12-4-1-5-13-27)28-14-6-2-7-15-28)23-21-30(42-34)25-41-35(44)29-16-10-19-32(24-29)46-31-17-8-3-9-18-31;38-37(39)40-23-10-17-34-36(45)43(26-33(27-11-4-1-5-12-27)28-13-6-2-7-14-28)24-22-30(42-34)25-41-35(44)29-18-20-32(21-19-29)46-31-15-8-3-9-16-31;34-33(35)36-18-9-16-29-32(42)40(22-27(23-10-3-1-4-11-23)24-12-5-2-6-13-24)19-17-26(38-29)21-37-31(41)30-20-25-14-7-8-15-28(25)39-30/h1-10,12-19,24,30,33-34,42H,11,20-23,25-26H2,(H,41,44)(H4,38,39,40);1-9,11-16,18-21,30,33-34,42H,10,17,22-26H2,(H,41,44)(H4,38,39,40);1-8,10-15,20,26-27,29,38-39H,9,16-19,21-22H2,(H,37,41)(H4,34,35,36)/t2*30-,34-;26-,29-/m000/s1. The van der Waals surface area contributed by atoms with Gasteiger partial charge in [0.05, 0.1) is 18.1 Å². The van der Waals surface area contributed by atoms with Crippen molar-refractivity contribution in [3.63, 3.8) is 0 Å². The number of nitrogens with one attached hydrogen (secondary N) is 7. The minimum absolute atomic E-state index is 0.0234. The maximum Gasteiger partial charge on any atom is 0.267 e. The summed E-state index contributed by atoms with van der Waals surface area (Å²) in [4.78, 5) is 103. The van der Waals surface area contributed by atoms with E-state index in [2.05, 4.69) is 125 Å². The van der Waals surface area contributed by atoms with Crippen molar-refractivity contribution in [1.29, 1.82) is 0 Å². The highest BCUT2D eigenvalue weighted by molar-refractivity contribution is 5.98. The molecule has 1 aromatic heterocycles. The van der Waals surface area contributed by atoms with Crippen molar-refractivity contribution in [3.8, 4) is 23.0 Å². The number of rotatable bonds is 37. The van der Waals surface area contributed by atoms with Gasteiger partial charge in [0.2, 0.25) is 17.7 Å². The molecule has 3 aliphatic heterocycles. The minimum Gasteiger partial charge on any atom is -0.457 e. The van der Waals surface area contributed by atoms with Crippen molar-refractivity contribution in [2.24, 2.45) is 49.4 Å². The highest BCUT2D eigenvalue weighted by Crippen LogP contribution is 2.33. The molecule has 27 heteroatoms. The number of carbonyl (C=O) groups is 6. The first kappa shape index (κ1) is 96.6. The number of guanidine groups is 3. The van der Waals surface area contributed by atoms with Crippen molar-refractivity contribution in [3.05, 3.63) is 372 Å². The van der Waals surface area contributed by atoms with Crippen LogP contribution in [0, 0.1) is 0 Å². The van der Waals surface area contributed by atoms with E-state index in [1.54, 1.807) is 42.5 Å². The molecule has 0 bridgehead atoms. The number of nitrogens with zero attached hydrogens (tertiary/aromatic N) is 6. The first-order chi connectivity index (χ1) is 65.4. The predicted octanol–water partition coefficient (Wildman–Crippen LogP) is 12.6. The Bertz CT molecular complexity index is 5610. The number of hydrogen-bond donors (Lipinski definition) is 13. The number of carbonyl (C=O) groups excluding carboxylic acids is 6. The van der Waals surface area contributed by atoms with Gasteiger partial charge in [0.1, 0.15) is 28.7 Å². The molecule has 3 aliphatic rings. The Balaban J connectivity index is 0.000000171. The number of hydrogen-bond acceptors (Lipinski definition) is 14. The molecule has 0 aliphatic carbocycles. The summed E-state index contributed by atoms with van der Waals surface area (Å²) in [7, 11) is 0. The van der Waals surface area contributed by atoms with Crippen molar-refractivity contribution in [2.45, 2.75) is 112 Å². The monoisotopic (exact) mass is 1800 g/mol. The molecule has 27 nitrogen and oxygen atoms in total. The predicted molar refractivity (Wildman–Crippen MR) is 531 cm³/mol. The largest absolute Gasteiger partial charge is 0.457 e. The summed E-state index contributed by atoms with van der Waals surface area (Å²) in [6, 6.07) is 103. The number of ether oxygens (including phenoxy) is 2. The zero-order valence-electron chi connectivity index (χ0n) is 75.6. The van der Waals surface area contributed by atoms with Crippen LogP contribution in [0.1, 0.15) is 140 Å². The molecule has 0 saturated carbocycles. The lowest BCUT2D eigenvalue weighted by Gasteiger charge is -2.29. The van der Waals surface area contributed by atoms with Crippen LogP contribution in [-0.2, 0) is 14.4 Å². The molecule has 12 aromatic rings. The van der Waals surface area contributed by atoms with Crippen LogP contribution in [0.15, 0.2) is 336 Å². The molecule has 0 spiro atoms. The Morgan fingerprint density at radius 3 is 0.978 bits per heavy atom. The molecule has 0 radical (unpaired) electrons. The molecule has 6 atom stereocenters. The second kappa shape index (κ2) is 50.5. The second-order valence-electron chi connectivity index (χ2n) is 33.7. The summed E-state index contributed by atoms with van der Waals surface area (Å²) in [5.74, 6) is 2.46. The fourth-order valence-corrected chi connectivity index (χ4v) is 17.2. The van der Waals surface area contributed by atoms with Crippen molar-refractivity contribution in [2.75, 3.05) is 78.5 Å². The van der Waals surface area contributed by atoms with Crippen LogP contribution in [-0.4, -0.2) is 188 Å².